The number of unbranched alkanes of at least 4 members (excludes halogenated alkanes) is 5. The first kappa shape index (κ1) is 29.1. The predicted molar refractivity (Wildman–Crippen MR) is 152 cm³/mol. The maximum absolute atomic E-state index is 15.0. The normalized spacial score (nSPS) is 17.3. The van der Waals surface area contributed by atoms with Gasteiger partial charge in [-0.1, -0.05) is 93.6 Å². The summed E-state index contributed by atoms with van der Waals surface area (Å²) >= 11 is 0. The summed E-state index contributed by atoms with van der Waals surface area (Å²) in [6, 6.07) is 15.6. The van der Waals surface area contributed by atoms with Crippen molar-refractivity contribution >= 4 is 0 Å². The molecule has 0 radical (unpaired) electrons. The standard InChI is InChI=1S/C34H39F3O2/c1-3-5-7-8-9-10-11-26-17-20-30(34(37)33(26)36)25-15-13-24(14-16-25)27-18-19-29(31(35)21-27)28-22-38-32(39-23-28)12-6-4-2/h4,13-21,28,32H,2-3,5-12,22-23H2,1H3. The zero-order chi connectivity index (χ0) is 27.6. The monoisotopic (exact) mass is 536 g/mol. The van der Waals surface area contributed by atoms with Gasteiger partial charge in [0.15, 0.2) is 17.9 Å². The van der Waals surface area contributed by atoms with Crippen molar-refractivity contribution in [2.24, 2.45) is 0 Å². The lowest BCUT2D eigenvalue weighted by molar-refractivity contribution is -0.189. The summed E-state index contributed by atoms with van der Waals surface area (Å²) in [5, 5.41) is 0. The number of halogens is 3. The molecule has 0 atom stereocenters. The highest BCUT2D eigenvalue weighted by atomic mass is 19.2. The van der Waals surface area contributed by atoms with Gasteiger partial charge in [0.1, 0.15) is 5.82 Å². The molecule has 208 valence electrons. The second-order valence-corrected chi connectivity index (χ2v) is 10.4. The molecule has 0 bridgehead atoms. The van der Waals surface area contributed by atoms with Crippen molar-refractivity contribution in [3.63, 3.8) is 0 Å². The molecular formula is C34H39F3O2. The number of allylic oxidation sites excluding steroid dienone is 1. The van der Waals surface area contributed by atoms with Crippen molar-refractivity contribution in [1.82, 2.24) is 0 Å². The molecular weight excluding hydrogens is 497 g/mol. The van der Waals surface area contributed by atoms with E-state index < -0.39 is 11.6 Å². The van der Waals surface area contributed by atoms with Gasteiger partial charge >= 0.3 is 0 Å². The van der Waals surface area contributed by atoms with Gasteiger partial charge in [0, 0.05) is 17.9 Å². The third-order valence-corrected chi connectivity index (χ3v) is 7.50. The van der Waals surface area contributed by atoms with Crippen LogP contribution in [0.15, 0.2) is 67.3 Å². The van der Waals surface area contributed by atoms with E-state index in [0.29, 0.717) is 41.9 Å². The Balaban J connectivity index is 1.39. The van der Waals surface area contributed by atoms with Crippen molar-refractivity contribution in [2.75, 3.05) is 13.2 Å². The molecule has 0 saturated carbocycles. The van der Waals surface area contributed by atoms with Gasteiger partial charge in [-0.15, -0.1) is 6.58 Å². The van der Waals surface area contributed by atoms with Crippen LogP contribution in [0.25, 0.3) is 22.3 Å². The number of ether oxygens (including phenoxy) is 2. The number of hydrogen-bond donors (Lipinski definition) is 0. The molecule has 0 N–H and O–H groups in total. The Labute approximate surface area is 230 Å². The third-order valence-electron chi connectivity index (χ3n) is 7.50. The molecule has 0 amide bonds. The van der Waals surface area contributed by atoms with E-state index in [2.05, 4.69) is 13.5 Å². The molecule has 1 aliphatic rings. The van der Waals surface area contributed by atoms with Gasteiger partial charge in [0.05, 0.1) is 13.2 Å². The summed E-state index contributed by atoms with van der Waals surface area (Å²) in [6.45, 7) is 6.70. The minimum absolute atomic E-state index is 0.164. The molecule has 0 aromatic heterocycles. The summed E-state index contributed by atoms with van der Waals surface area (Å²) in [5.74, 6) is -2.05. The first-order valence-corrected chi connectivity index (χ1v) is 14.2. The van der Waals surface area contributed by atoms with E-state index in [4.69, 9.17) is 9.47 Å². The molecule has 1 saturated heterocycles. The number of rotatable bonds is 13. The van der Waals surface area contributed by atoms with Crippen molar-refractivity contribution in [1.29, 1.82) is 0 Å². The second-order valence-electron chi connectivity index (χ2n) is 10.4. The molecule has 1 heterocycles. The van der Waals surface area contributed by atoms with Gasteiger partial charge in [-0.25, -0.2) is 13.2 Å². The first-order chi connectivity index (χ1) is 19.0. The molecule has 39 heavy (non-hydrogen) atoms. The average molecular weight is 537 g/mol. The van der Waals surface area contributed by atoms with Crippen molar-refractivity contribution in [2.45, 2.75) is 76.9 Å². The summed E-state index contributed by atoms with van der Waals surface area (Å²) in [4.78, 5) is 0. The fourth-order valence-electron chi connectivity index (χ4n) is 5.12. The minimum atomic E-state index is -0.815. The van der Waals surface area contributed by atoms with Gasteiger partial charge in [0.2, 0.25) is 0 Å². The zero-order valence-corrected chi connectivity index (χ0v) is 22.9. The van der Waals surface area contributed by atoms with Crippen LogP contribution in [0.2, 0.25) is 0 Å². The van der Waals surface area contributed by atoms with Crippen LogP contribution in [0, 0.1) is 17.5 Å². The molecule has 3 aromatic rings. The Kier molecular flexibility index (Phi) is 10.8. The van der Waals surface area contributed by atoms with Crippen LogP contribution in [0.4, 0.5) is 13.2 Å². The number of hydrogen-bond acceptors (Lipinski definition) is 2. The molecule has 2 nitrogen and oxygen atoms in total. The molecule has 0 unspecified atom stereocenters. The third kappa shape index (κ3) is 7.61. The average Bonchev–Trinajstić information content (AvgIpc) is 2.96. The molecule has 5 heteroatoms. The Morgan fingerprint density at radius 1 is 0.795 bits per heavy atom. The maximum Gasteiger partial charge on any atom is 0.166 e. The van der Waals surface area contributed by atoms with Gasteiger partial charge in [-0.2, -0.15) is 0 Å². The molecule has 1 fully saturated rings. The number of benzene rings is 3. The topological polar surface area (TPSA) is 18.5 Å². The smallest absolute Gasteiger partial charge is 0.166 e. The quantitative estimate of drug-likeness (QED) is 0.160. The van der Waals surface area contributed by atoms with E-state index in [1.165, 1.54) is 25.3 Å². The Morgan fingerprint density at radius 3 is 2.15 bits per heavy atom. The van der Waals surface area contributed by atoms with E-state index in [1.54, 1.807) is 30.3 Å². The van der Waals surface area contributed by atoms with Gasteiger partial charge in [0.25, 0.3) is 0 Å². The first-order valence-electron chi connectivity index (χ1n) is 14.2. The van der Waals surface area contributed by atoms with E-state index in [0.717, 1.165) is 37.7 Å². The fourth-order valence-corrected chi connectivity index (χ4v) is 5.12. The van der Waals surface area contributed by atoms with Gasteiger partial charge in [-0.3, -0.25) is 0 Å². The van der Waals surface area contributed by atoms with Crippen molar-refractivity contribution in [3.05, 3.63) is 95.8 Å². The van der Waals surface area contributed by atoms with Gasteiger partial charge in [-0.05, 0) is 53.1 Å². The van der Waals surface area contributed by atoms with E-state index in [9.17, 15) is 8.78 Å². The Morgan fingerprint density at radius 2 is 1.46 bits per heavy atom. The molecule has 0 spiro atoms. The minimum Gasteiger partial charge on any atom is -0.352 e. The molecule has 1 aliphatic heterocycles. The maximum atomic E-state index is 15.0. The molecule has 0 aliphatic carbocycles. The Hall–Kier alpha value is -2.89. The van der Waals surface area contributed by atoms with Crippen LogP contribution in [-0.4, -0.2) is 19.5 Å². The van der Waals surface area contributed by atoms with Crippen LogP contribution in [0.5, 0.6) is 0 Å². The largest absolute Gasteiger partial charge is 0.352 e. The fraction of sp³-hybridized carbons (Fsp3) is 0.412. The SMILES string of the molecule is C=CCCC1OCC(c2ccc(-c3ccc(-c4ccc(CCCCCCCC)c(F)c4F)cc3)cc2F)CO1. The van der Waals surface area contributed by atoms with Crippen molar-refractivity contribution in [3.8, 4) is 22.3 Å². The molecule has 4 rings (SSSR count). The van der Waals surface area contributed by atoms with E-state index in [1.807, 2.05) is 24.3 Å². The van der Waals surface area contributed by atoms with Crippen molar-refractivity contribution < 1.29 is 22.6 Å². The zero-order valence-electron chi connectivity index (χ0n) is 22.9. The summed E-state index contributed by atoms with van der Waals surface area (Å²) in [7, 11) is 0. The van der Waals surface area contributed by atoms with Crippen LogP contribution < -0.4 is 0 Å². The van der Waals surface area contributed by atoms with Crippen LogP contribution in [0.3, 0.4) is 0 Å². The van der Waals surface area contributed by atoms with E-state index in [-0.39, 0.29) is 23.6 Å². The number of aryl methyl sites for hydroxylation is 1. The highest BCUT2D eigenvalue weighted by Gasteiger charge is 2.25. The van der Waals surface area contributed by atoms with E-state index >= 15 is 4.39 Å². The summed E-state index contributed by atoms with van der Waals surface area (Å²) in [5.41, 5.74) is 3.32. The highest BCUT2D eigenvalue weighted by molar-refractivity contribution is 5.71. The summed E-state index contributed by atoms with van der Waals surface area (Å²) in [6.07, 6.45) is 10.3. The summed E-state index contributed by atoms with van der Waals surface area (Å²) < 4.78 is 56.3. The van der Waals surface area contributed by atoms with Gasteiger partial charge < -0.3 is 9.47 Å². The lowest BCUT2D eigenvalue weighted by Gasteiger charge is -2.29. The predicted octanol–water partition coefficient (Wildman–Crippen LogP) is 9.76. The van der Waals surface area contributed by atoms with Crippen LogP contribution in [0.1, 0.15) is 75.3 Å². The Bertz CT molecular complexity index is 1210. The lowest BCUT2D eigenvalue weighted by atomic mass is 9.94. The lowest BCUT2D eigenvalue weighted by Crippen LogP contribution is -2.31. The van der Waals surface area contributed by atoms with Crippen LogP contribution in [-0.2, 0) is 15.9 Å². The highest BCUT2D eigenvalue weighted by Crippen LogP contribution is 2.32. The second kappa shape index (κ2) is 14.5. The van der Waals surface area contributed by atoms with Crippen LogP contribution >= 0.6 is 0 Å². The molecule has 3 aromatic carbocycles.